The lowest BCUT2D eigenvalue weighted by atomic mass is 9.55. The van der Waals surface area contributed by atoms with Crippen LogP contribution in [0.25, 0.3) is 0 Å². The van der Waals surface area contributed by atoms with Crippen molar-refractivity contribution in [3.8, 4) is 0 Å². The zero-order valence-corrected chi connectivity index (χ0v) is 33.9. The van der Waals surface area contributed by atoms with E-state index in [1.165, 1.54) is 17.3 Å². The number of carboxylic acids is 2. The average molecular weight is 824 g/mol. The Labute approximate surface area is 342 Å². The van der Waals surface area contributed by atoms with Crippen LogP contribution >= 0.6 is 11.8 Å². The third kappa shape index (κ3) is 8.91. The van der Waals surface area contributed by atoms with E-state index in [4.69, 9.17) is 4.74 Å². The van der Waals surface area contributed by atoms with Gasteiger partial charge in [0.15, 0.2) is 0 Å². The predicted molar refractivity (Wildman–Crippen MR) is 215 cm³/mol. The number of pyridine rings is 1. The Balaban J connectivity index is 1.41. The summed E-state index contributed by atoms with van der Waals surface area (Å²) in [5.74, 6) is -4.79. The summed E-state index contributed by atoms with van der Waals surface area (Å²) < 4.78 is 5.70. The molecule has 16 heteroatoms. The molecule has 6 atom stereocenters. The maximum Gasteiger partial charge on any atom is 0.353 e. The van der Waals surface area contributed by atoms with Crippen molar-refractivity contribution in [2.45, 2.75) is 119 Å². The van der Waals surface area contributed by atoms with E-state index in [1.807, 2.05) is 12.1 Å². The molecule has 2 bridgehead atoms. The van der Waals surface area contributed by atoms with Gasteiger partial charge < -0.3 is 41.1 Å². The lowest BCUT2D eigenvalue weighted by Crippen LogP contribution is -2.54. The first-order valence-electron chi connectivity index (χ1n) is 20.5. The highest BCUT2D eigenvalue weighted by atomic mass is 32.2. The third-order valence-electron chi connectivity index (χ3n) is 12.8. The van der Waals surface area contributed by atoms with Crippen molar-refractivity contribution in [1.82, 2.24) is 26.3 Å². The molecule has 8 N–H and O–H groups in total. The summed E-state index contributed by atoms with van der Waals surface area (Å²) in [4.78, 5) is 69.3. The summed E-state index contributed by atoms with van der Waals surface area (Å²) in [6, 6.07) is 1.60. The lowest BCUT2D eigenvalue weighted by molar-refractivity contribution is -0.151. The van der Waals surface area contributed by atoms with Crippen molar-refractivity contribution in [2.24, 2.45) is 16.7 Å². The molecule has 2 amide bonds. The molecule has 316 valence electrons. The lowest BCUT2D eigenvalue weighted by Gasteiger charge is -2.53. The summed E-state index contributed by atoms with van der Waals surface area (Å²) >= 11 is 1.40. The highest BCUT2D eigenvalue weighted by molar-refractivity contribution is 8.01. The minimum atomic E-state index is -2.23. The van der Waals surface area contributed by atoms with Gasteiger partial charge in [-0.25, -0.2) is 4.79 Å². The standard InChI is InChI=1S/C42H57N5O10S/c1-43-25-45-29(37(52)53)9-10-31(49)46-30(35(50)47-36(51)38(54)55)24-58-42-18-17-40(13-3-2-4-14-41(42)15-5-6-16-41)23-27(22-26-11-19-44-20-12-26)28(8-7-21-48)32-33(40)34(42)57-39(32)56/h11-12,17-20,29-30,32,36,43,45,48,51H,2-10,13-16,21-25H2,1H3,(H,46,49)(H,47,50)(H,52,53)(H,54,55)/t29-,30-,32-,36-,40-,42-/m0/s1. The van der Waals surface area contributed by atoms with Gasteiger partial charge in [0.2, 0.25) is 18.0 Å². The number of rotatable bonds is 19. The van der Waals surface area contributed by atoms with Crippen LogP contribution in [-0.2, 0) is 35.1 Å². The molecule has 0 saturated heterocycles. The number of thioether (sulfide) groups is 1. The summed E-state index contributed by atoms with van der Waals surface area (Å²) in [5, 5.41) is 49.6. The van der Waals surface area contributed by atoms with Crippen molar-refractivity contribution in [1.29, 1.82) is 0 Å². The number of esters is 1. The Morgan fingerprint density at radius 2 is 1.67 bits per heavy atom. The molecule has 1 saturated carbocycles. The topological polar surface area (TPSA) is 237 Å². The van der Waals surface area contributed by atoms with E-state index in [9.17, 15) is 44.4 Å². The van der Waals surface area contributed by atoms with Gasteiger partial charge in [-0.3, -0.25) is 29.5 Å². The first-order chi connectivity index (χ1) is 27.9. The van der Waals surface area contributed by atoms with Crippen LogP contribution in [0.1, 0.15) is 95.5 Å². The number of allylic oxidation sites excluding steroid dienone is 2. The number of nitrogens with zero attached hydrogens (tertiary/aromatic N) is 1. The highest BCUT2D eigenvalue weighted by Crippen LogP contribution is 2.68. The van der Waals surface area contributed by atoms with Gasteiger partial charge in [0.25, 0.3) is 0 Å². The average Bonchev–Trinajstić information content (AvgIpc) is 3.83. The molecular formula is C42H57N5O10S. The van der Waals surface area contributed by atoms with Gasteiger partial charge in [-0.2, -0.15) is 0 Å². The number of aromatic nitrogens is 1. The van der Waals surface area contributed by atoms with Gasteiger partial charge in [-0.15, -0.1) is 11.8 Å². The van der Waals surface area contributed by atoms with Crippen molar-refractivity contribution in [3.05, 3.63) is 64.7 Å². The van der Waals surface area contributed by atoms with Crippen LogP contribution in [0, 0.1) is 16.7 Å². The summed E-state index contributed by atoms with van der Waals surface area (Å²) in [6.07, 6.45) is 16.1. The minimum Gasteiger partial charge on any atom is -0.480 e. The molecule has 1 aromatic rings. The van der Waals surface area contributed by atoms with E-state index in [2.05, 4.69) is 38.4 Å². The number of hydrogen-bond acceptors (Lipinski definition) is 12. The second-order valence-electron chi connectivity index (χ2n) is 16.4. The number of fused-ring (bicyclic) bond motifs is 3. The van der Waals surface area contributed by atoms with Gasteiger partial charge >= 0.3 is 17.9 Å². The van der Waals surface area contributed by atoms with Crippen LogP contribution < -0.4 is 21.3 Å². The molecule has 1 fully saturated rings. The molecule has 58 heavy (non-hydrogen) atoms. The molecule has 4 aliphatic carbocycles. The maximum absolute atomic E-state index is 14.5. The first kappa shape index (κ1) is 43.5. The maximum atomic E-state index is 14.5. The van der Waals surface area contributed by atoms with Gasteiger partial charge in [0, 0.05) is 43.3 Å². The molecule has 2 spiro atoms. The fraction of sp³-hybridized carbons (Fsp3) is 0.619. The molecule has 1 aliphatic heterocycles. The number of aliphatic carboxylic acids is 2. The van der Waals surface area contributed by atoms with Gasteiger partial charge in [0.05, 0.1) is 4.75 Å². The monoisotopic (exact) mass is 823 g/mol. The molecule has 2 heterocycles. The number of carbonyl (C=O) groups is 5. The normalized spacial score (nSPS) is 26.2. The Morgan fingerprint density at radius 1 is 0.966 bits per heavy atom. The molecule has 1 aromatic heterocycles. The fourth-order valence-corrected chi connectivity index (χ4v) is 11.8. The number of carbonyl (C=O) groups excluding carboxylic acids is 3. The van der Waals surface area contributed by atoms with Crippen molar-refractivity contribution < 1.29 is 49.1 Å². The van der Waals surface area contributed by atoms with Crippen LogP contribution in [0.2, 0.25) is 0 Å². The first-order valence-corrected chi connectivity index (χ1v) is 21.5. The van der Waals surface area contributed by atoms with Gasteiger partial charge in [-0.05, 0) is 93.5 Å². The number of aliphatic hydroxyl groups excluding tert-OH is 2. The quantitative estimate of drug-likeness (QED) is 0.0569. The largest absolute Gasteiger partial charge is 0.480 e. The Hall–Kier alpha value is -4.09. The molecule has 0 radical (unpaired) electrons. The van der Waals surface area contributed by atoms with Crippen LogP contribution in [0.5, 0.6) is 0 Å². The van der Waals surface area contributed by atoms with E-state index in [0.717, 1.165) is 74.5 Å². The zero-order valence-electron chi connectivity index (χ0n) is 33.1. The van der Waals surface area contributed by atoms with E-state index in [-0.39, 0.29) is 43.3 Å². The van der Waals surface area contributed by atoms with E-state index in [1.54, 1.807) is 19.4 Å². The highest BCUT2D eigenvalue weighted by Gasteiger charge is 2.64. The second-order valence-corrected chi connectivity index (χ2v) is 17.6. The molecular weight excluding hydrogens is 767 g/mol. The molecule has 6 rings (SSSR count). The van der Waals surface area contributed by atoms with Gasteiger partial charge in [0.1, 0.15) is 23.8 Å². The van der Waals surface area contributed by atoms with E-state index in [0.29, 0.717) is 31.4 Å². The minimum absolute atomic E-state index is 0.0250. The number of carboxylic acid groups (broad SMARTS) is 2. The van der Waals surface area contributed by atoms with Crippen LogP contribution in [0.15, 0.2) is 59.2 Å². The van der Waals surface area contributed by atoms with Crippen LogP contribution in [0.3, 0.4) is 0 Å². The molecule has 0 aromatic carbocycles. The summed E-state index contributed by atoms with van der Waals surface area (Å²) in [5.41, 5.74) is 3.36. The third-order valence-corrected chi connectivity index (χ3v) is 14.5. The second kappa shape index (κ2) is 18.9. The molecule has 0 unspecified atom stereocenters. The van der Waals surface area contributed by atoms with Crippen molar-refractivity contribution >= 4 is 41.5 Å². The van der Waals surface area contributed by atoms with Crippen molar-refractivity contribution in [3.63, 3.8) is 0 Å². The predicted octanol–water partition coefficient (Wildman–Crippen LogP) is 3.08. The molecule has 15 nitrogen and oxygen atoms in total. The van der Waals surface area contributed by atoms with E-state index < -0.39 is 58.1 Å². The van der Waals surface area contributed by atoms with Crippen molar-refractivity contribution in [2.75, 3.05) is 26.1 Å². The zero-order chi connectivity index (χ0) is 41.5. The number of amides is 2. The molecule has 5 aliphatic rings. The number of aliphatic hydroxyl groups is 2. The smallest absolute Gasteiger partial charge is 0.353 e. The Morgan fingerprint density at radius 3 is 2.34 bits per heavy atom. The number of nitrogens with one attached hydrogen (secondary N) is 4. The number of ether oxygens (including phenoxy) is 1. The summed E-state index contributed by atoms with van der Waals surface area (Å²) in [7, 11) is 1.65. The Bertz CT molecular complexity index is 1810. The van der Waals surface area contributed by atoms with Gasteiger partial charge in [-0.1, -0.05) is 55.4 Å². The SMILES string of the molecule is CNCN[C@@H](CCC(=O)N[C@@H](CS[C@]12C=C[C@@]3(CCCCCC14CCCC4)CC(Cc1ccncc1)=C(CCCO)[C@@H]1C(=O)OC2=C13)C(=O)N[C@@H](O)C(=O)O)C(=O)O. The van der Waals surface area contributed by atoms with E-state index >= 15 is 0 Å². The van der Waals surface area contributed by atoms with Crippen LogP contribution in [0.4, 0.5) is 0 Å². The summed E-state index contributed by atoms with van der Waals surface area (Å²) in [6.45, 7) is 0.169. The number of hydrogen-bond donors (Lipinski definition) is 8. The Kier molecular flexibility index (Phi) is 14.2. The van der Waals surface area contributed by atoms with Crippen LogP contribution in [-0.4, -0.2) is 104 Å². The fourth-order valence-electron chi connectivity index (χ4n) is 10.1.